The molecule has 2 aromatic rings. The minimum absolute atomic E-state index is 0.460. The maximum Gasteiger partial charge on any atom is 0.416 e. The number of rotatable bonds is 1. The maximum atomic E-state index is 12.7. The lowest BCUT2D eigenvalue weighted by Crippen LogP contribution is -2.18. The SMILES string of the molecule is FC(F)(F)c1ccc2c(Cl)c(C3=NCCN3)sc2c1. The van der Waals surface area contributed by atoms with Crippen molar-refractivity contribution >= 4 is 38.9 Å². The van der Waals surface area contributed by atoms with Crippen molar-refractivity contribution in [2.24, 2.45) is 4.99 Å². The summed E-state index contributed by atoms with van der Waals surface area (Å²) >= 11 is 7.44. The highest BCUT2D eigenvalue weighted by Gasteiger charge is 2.31. The average molecular weight is 305 g/mol. The molecule has 2 heterocycles. The molecule has 0 atom stereocenters. The van der Waals surface area contributed by atoms with Gasteiger partial charge in [0.05, 0.1) is 22.0 Å². The molecule has 1 aliphatic rings. The van der Waals surface area contributed by atoms with E-state index in [0.29, 0.717) is 32.4 Å². The summed E-state index contributed by atoms with van der Waals surface area (Å²) in [6, 6.07) is 3.59. The summed E-state index contributed by atoms with van der Waals surface area (Å²) in [4.78, 5) is 4.94. The van der Waals surface area contributed by atoms with Gasteiger partial charge in [-0.15, -0.1) is 11.3 Å². The zero-order valence-electron chi connectivity index (χ0n) is 9.51. The Morgan fingerprint density at radius 2 is 2.11 bits per heavy atom. The van der Waals surface area contributed by atoms with Crippen LogP contribution < -0.4 is 5.32 Å². The van der Waals surface area contributed by atoms with Gasteiger partial charge in [-0.2, -0.15) is 13.2 Å². The summed E-state index contributed by atoms with van der Waals surface area (Å²) in [7, 11) is 0. The summed E-state index contributed by atoms with van der Waals surface area (Å²) in [5.74, 6) is 0.666. The third-order valence-electron chi connectivity index (χ3n) is 2.85. The van der Waals surface area contributed by atoms with Crippen LogP contribution in [-0.2, 0) is 6.18 Å². The average Bonchev–Trinajstić information content (AvgIpc) is 2.96. The number of fused-ring (bicyclic) bond motifs is 1. The third-order valence-corrected chi connectivity index (χ3v) is 4.51. The van der Waals surface area contributed by atoms with Gasteiger partial charge in [0.2, 0.25) is 0 Å². The molecule has 1 aromatic heterocycles. The zero-order chi connectivity index (χ0) is 13.6. The fraction of sp³-hybridized carbons (Fsp3) is 0.250. The van der Waals surface area contributed by atoms with Crippen LogP contribution in [-0.4, -0.2) is 18.9 Å². The van der Waals surface area contributed by atoms with Crippen molar-refractivity contribution in [2.75, 3.05) is 13.1 Å². The molecule has 1 N–H and O–H groups in total. The smallest absolute Gasteiger partial charge is 0.367 e. The van der Waals surface area contributed by atoms with Gasteiger partial charge in [-0.3, -0.25) is 4.99 Å². The summed E-state index contributed by atoms with van der Waals surface area (Å²) < 4.78 is 38.5. The highest BCUT2D eigenvalue weighted by Crippen LogP contribution is 2.39. The molecule has 0 unspecified atom stereocenters. The highest BCUT2D eigenvalue weighted by molar-refractivity contribution is 7.21. The third kappa shape index (κ3) is 2.19. The van der Waals surface area contributed by atoms with Crippen LogP contribution in [0.15, 0.2) is 23.2 Å². The first-order chi connectivity index (χ1) is 8.97. The van der Waals surface area contributed by atoms with Crippen LogP contribution >= 0.6 is 22.9 Å². The Hall–Kier alpha value is -1.27. The number of aliphatic imine (C=N–C) groups is 1. The molecule has 19 heavy (non-hydrogen) atoms. The molecule has 0 amide bonds. The Kier molecular flexibility index (Phi) is 2.94. The van der Waals surface area contributed by atoms with Crippen molar-refractivity contribution in [2.45, 2.75) is 6.18 Å². The second-order valence-corrected chi connectivity index (χ2v) is 5.54. The van der Waals surface area contributed by atoms with E-state index in [9.17, 15) is 13.2 Å². The Bertz CT molecular complexity index is 675. The lowest BCUT2D eigenvalue weighted by molar-refractivity contribution is -0.137. The number of nitrogens with one attached hydrogen (secondary N) is 1. The lowest BCUT2D eigenvalue weighted by atomic mass is 10.1. The Morgan fingerprint density at radius 1 is 1.32 bits per heavy atom. The minimum atomic E-state index is -4.34. The van der Waals surface area contributed by atoms with Crippen molar-refractivity contribution in [1.82, 2.24) is 5.32 Å². The molecule has 0 spiro atoms. The number of halogens is 4. The quantitative estimate of drug-likeness (QED) is 0.848. The summed E-state index contributed by atoms with van der Waals surface area (Å²) in [5.41, 5.74) is -0.661. The predicted octanol–water partition coefficient (Wildman–Crippen LogP) is 3.92. The van der Waals surface area contributed by atoms with Gasteiger partial charge < -0.3 is 5.32 Å². The van der Waals surface area contributed by atoms with Crippen LogP contribution in [0.5, 0.6) is 0 Å². The number of hydrogen-bond acceptors (Lipinski definition) is 3. The van der Waals surface area contributed by atoms with Gasteiger partial charge in [0, 0.05) is 16.6 Å². The van der Waals surface area contributed by atoms with Gasteiger partial charge in [0.15, 0.2) is 0 Å². The maximum absolute atomic E-state index is 12.7. The number of alkyl halides is 3. The molecule has 2 nitrogen and oxygen atoms in total. The van der Waals surface area contributed by atoms with Gasteiger partial charge in [-0.05, 0) is 12.1 Å². The molecule has 0 fully saturated rings. The first-order valence-electron chi connectivity index (χ1n) is 5.55. The molecule has 1 aliphatic heterocycles. The van der Waals surface area contributed by atoms with E-state index in [1.54, 1.807) is 0 Å². The monoisotopic (exact) mass is 304 g/mol. The van der Waals surface area contributed by atoms with Crippen LogP contribution in [0.25, 0.3) is 10.1 Å². The van der Waals surface area contributed by atoms with E-state index in [2.05, 4.69) is 10.3 Å². The normalized spacial score (nSPS) is 15.7. The van der Waals surface area contributed by atoms with Crippen molar-refractivity contribution in [3.05, 3.63) is 33.7 Å². The topological polar surface area (TPSA) is 24.4 Å². The standard InChI is InChI=1S/C12H8ClF3N2S/c13-9-7-2-1-6(12(14,15)16)5-8(7)19-10(9)11-17-3-4-18-11/h1-2,5H,3-4H2,(H,17,18). The number of amidine groups is 1. The van der Waals surface area contributed by atoms with Crippen LogP contribution in [0.4, 0.5) is 13.2 Å². The van der Waals surface area contributed by atoms with Crippen molar-refractivity contribution < 1.29 is 13.2 Å². The van der Waals surface area contributed by atoms with E-state index >= 15 is 0 Å². The Balaban J connectivity index is 2.15. The van der Waals surface area contributed by atoms with E-state index in [1.165, 1.54) is 17.4 Å². The van der Waals surface area contributed by atoms with Crippen LogP contribution in [0.1, 0.15) is 10.4 Å². The molecule has 100 valence electrons. The number of benzene rings is 1. The molecule has 0 saturated heterocycles. The van der Waals surface area contributed by atoms with E-state index in [1.807, 2.05) is 0 Å². The van der Waals surface area contributed by atoms with E-state index in [0.717, 1.165) is 18.7 Å². The Morgan fingerprint density at radius 3 is 2.74 bits per heavy atom. The second kappa shape index (κ2) is 4.38. The summed E-state index contributed by atoms with van der Waals surface area (Å²) in [6.45, 7) is 1.39. The van der Waals surface area contributed by atoms with Crippen molar-refractivity contribution in [1.29, 1.82) is 0 Å². The van der Waals surface area contributed by atoms with Gasteiger partial charge in [-0.1, -0.05) is 17.7 Å². The van der Waals surface area contributed by atoms with E-state index in [4.69, 9.17) is 11.6 Å². The molecule has 3 rings (SSSR count). The van der Waals surface area contributed by atoms with Crippen LogP contribution in [0, 0.1) is 0 Å². The lowest BCUT2D eigenvalue weighted by Gasteiger charge is -2.05. The predicted molar refractivity (Wildman–Crippen MR) is 71.2 cm³/mol. The zero-order valence-corrected chi connectivity index (χ0v) is 11.1. The largest absolute Gasteiger partial charge is 0.416 e. The fourth-order valence-electron chi connectivity index (χ4n) is 1.94. The van der Waals surface area contributed by atoms with Gasteiger partial charge in [-0.25, -0.2) is 0 Å². The molecule has 0 saturated carbocycles. The molecule has 1 aromatic carbocycles. The molecule has 0 bridgehead atoms. The van der Waals surface area contributed by atoms with E-state index < -0.39 is 11.7 Å². The van der Waals surface area contributed by atoms with Gasteiger partial charge in [0.25, 0.3) is 0 Å². The van der Waals surface area contributed by atoms with Crippen molar-refractivity contribution in [3.63, 3.8) is 0 Å². The van der Waals surface area contributed by atoms with Crippen LogP contribution in [0.3, 0.4) is 0 Å². The first kappa shape index (κ1) is 12.7. The Labute approximate surface area is 115 Å². The molecule has 0 aliphatic carbocycles. The fourth-order valence-corrected chi connectivity index (χ4v) is 3.49. The molecular weight excluding hydrogens is 297 g/mol. The second-order valence-electron chi connectivity index (χ2n) is 4.11. The molecule has 7 heteroatoms. The summed E-state index contributed by atoms with van der Waals surface area (Å²) in [5, 5.41) is 4.16. The number of hydrogen-bond donors (Lipinski definition) is 1. The summed E-state index contributed by atoms with van der Waals surface area (Å²) in [6.07, 6.45) is -4.34. The van der Waals surface area contributed by atoms with Crippen molar-refractivity contribution in [3.8, 4) is 0 Å². The van der Waals surface area contributed by atoms with Gasteiger partial charge >= 0.3 is 6.18 Å². The molecular formula is C12H8ClF3N2S. The first-order valence-corrected chi connectivity index (χ1v) is 6.74. The van der Waals surface area contributed by atoms with E-state index in [-0.39, 0.29) is 0 Å². The number of nitrogens with zero attached hydrogens (tertiary/aromatic N) is 1. The van der Waals surface area contributed by atoms with Crippen LogP contribution in [0.2, 0.25) is 5.02 Å². The minimum Gasteiger partial charge on any atom is -0.367 e. The molecule has 0 radical (unpaired) electrons. The number of thiophene rings is 1. The van der Waals surface area contributed by atoms with Gasteiger partial charge in [0.1, 0.15) is 5.84 Å². The highest BCUT2D eigenvalue weighted by atomic mass is 35.5.